The van der Waals surface area contributed by atoms with Crippen molar-refractivity contribution < 1.29 is 28.4 Å². The molecule has 0 aliphatic carbocycles. The molecule has 1 aromatic carbocycles. The van der Waals surface area contributed by atoms with Gasteiger partial charge in [-0.15, -0.1) is 0 Å². The van der Waals surface area contributed by atoms with E-state index in [0.717, 1.165) is 23.3 Å². The fraction of sp³-hybridized carbons (Fsp3) is 0.647. The molecule has 0 bridgehead atoms. The molecule has 0 spiro atoms. The highest BCUT2D eigenvalue weighted by atomic mass is 16.8. The molecule has 6 nitrogen and oxygen atoms in total. The van der Waals surface area contributed by atoms with Gasteiger partial charge in [-0.2, -0.15) is 0 Å². The first-order valence-corrected chi connectivity index (χ1v) is 7.87. The van der Waals surface area contributed by atoms with Crippen LogP contribution in [-0.4, -0.2) is 44.6 Å². The van der Waals surface area contributed by atoms with E-state index >= 15 is 0 Å². The Morgan fingerprint density at radius 1 is 1.00 bits per heavy atom. The van der Waals surface area contributed by atoms with E-state index in [4.69, 9.17) is 28.4 Å². The van der Waals surface area contributed by atoms with Crippen molar-refractivity contribution in [1.29, 1.82) is 0 Å². The first-order valence-electron chi connectivity index (χ1n) is 7.87. The predicted molar refractivity (Wildman–Crippen MR) is 80.5 cm³/mol. The number of hydrogen-bond acceptors (Lipinski definition) is 6. The van der Waals surface area contributed by atoms with E-state index < -0.39 is 5.79 Å². The van der Waals surface area contributed by atoms with E-state index in [-0.39, 0.29) is 24.6 Å². The van der Waals surface area contributed by atoms with E-state index in [1.165, 1.54) is 0 Å². The summed E-state index contributed by atoms with van der Waals surface area (Å²) in [7, 11) is 3.27. The van der Waals surface area contributed by atoms with Gasteiger partial charge in [-0.1, -0.05) is 0 Å². The lowest BCUT2D eigenvalue weighted by molar-refractivity contribution is -0.217. The maximum atomic E-state index is 6.11. The van der Waals surface area contributed by atoms with Crippen molar-refractivity contribution in [3.63, 3.8) is 0 Å². The van der Waals surface area contributed by atoms with Crippen molar-refractivity contribution in [2.75, 3.05) is 14.2 Å². The summed E-state index contributed by atoms with van der Waals surface area (Å²) in [5, 5.41) is 0. The quantitative estimate of drug-likeness (QED) is 0.830. The van der Waals surface area contributed by atoms with E-state index in [1.807, 2.05) is 26.0 Å². The van der Waals surface area contributed by atoms with Crippen LogP contribution in [0.4, 0.5) is 0 Å². The summed E-state index contributed by atoms with van der Waals surface area (Å²) in [6.07, 6.45) is -0.0260. The lowest BCUT2D eigenvalue weighted by atomic mass is 9.99. The van der Waals surface area contributed by atoms with Crippen molar-refractivity contribution >= 4 is 0 Å². The standard InChI is InChI=1S/C17H22O6/c1-17(2)22-15-14-13(21-16(15)23-17)6-9-5-11(18-3)12(19-4)7-10(9)8-20-14/h5,7,13-16H,6,8H2,1-4H3/t13-,14+,15-,16-/m1/s1. The molecule has 23 heavy (non-hydrogen) atoms. The van der Waals surface area contributed by atoms with Gasteiger partial charge in [0.25, 0.3) is 0 Å². The van der Waals surface area contributed by atoms with Crippen LogP contribution in [0.5, 0.6) is 11.5 Å². The van der Waals surface area contributed by atoms with Gasteiger partial charge < -0.3 is 28.4 Å². The topological polar surface area (TPSA) is 55.4 Å². The largest absolute Gasteiger partial charge is 0.493 e. The first-order chi connectivity index (χ1) is 11.0. The predicted octanol–water partition coefficient (Wildman–Crippen LogP) is 2.02. The van der Waals surface area contributed by atoms with Gasteiger partial charge in [0.1, 0.15) is 12.2 Å². The van der Waals surface area contributed by atoms with Crippen LogP contribution in [0.3, 0.4) is 0 Å². The molecule has 4 atom stereocenters. The second-order valence-corrected chi connectivity index (χ2v) is 6.60. The molecule has 3 heterocycles. The molecule has 0 radical (unpaired) electrons. The minimum absolute atomic E-state index is 0.0829. The van der Waals surface area contributed by atoms with Crippen LogP contribution in [0.2, 0.25) is 0 Å². The zero-order chi connectivity index (χ0) is 16.2. The Morgan fingerprint density at radius 3 is 2.39 bits per heavy atom. The molecule has 2 fully saturated rings. The molecule has 6 heteroatoms. The third-order valence-electron chi connectivity index (χ3n) is 4.65. The van der Waals surface area contributed by atoms with Crippen molar-refractivity contribution in [3.05, 3.63) is 23.3 Å². The number of benzene rings is 1. The van der Waals surface area contributed by atoms with Crippen LogP contribution in [0.15, 0.2) is 12.1 Å². The smallest absolute Gasteiger partial charge is 0.190 e. The lowest BCUT2D eigenvalue weighted by Crippen LogP contribution is -2.36. The van der Waals surface area contributed by atoms with Crippen LogP contribution in [0.25, 0.3) is 0 Å². The van der Waals surface area contributed by atoms with Gasteiger partial charge in [0, 0.05) is 6.42 Å². The Hall–Kier alpha value is -1.34. The second kappa shape index (κ2) is 5.34. The summed E-state index contributed by atoms with van der Waals surface area (Å²) in [6.45, 7) is 4.28. The van der Waals surface area contributed by atoms with E-state index in [1.54, 1.807) is 14.2 Å². The maximum absolute atomic E-state index is 6.11. The summed E-state index contributed by atoms with van der Waals surface area (Å²) in [4.78, 5) is 0. The number of methoxy groups -OCH3 is 2. The van der Waals surface area contributed by atoms with Crippen LogP contribution < -0.4 is 9.47 Å². The third-order valence-corrected chi connectivity index (χ3v) is 4.65. The molecule has 0 amide bonds. The summed E-state index contributed by atoms with van der Waals surface area (Å²) in [5.74, 6) is 0.800. The average Bonchev–Trinajstić information content (AvgIpc) is 2.89. The zero-order valence-electron chi connectivity index (χ0n) is 13.8. The van der Waals surface area contributed by atoms with Gasteiger partial charge in [-0.05, 0) is 37.1 Å². The second-order valence-electron chi connectivity index (χ2n) is 6.60. The number of rotatable bonds is 2. The number of ether oxygens (including phenoxy) is 6. The zero-order valence-corrected chi connectivity index (χ0v) is 13.8. The molecular weight excluding hydrogens is 300 g/mol. The number of fused-ring (bicyclic) bond motifs is 4. The first kappa shape index (κ1) is 15.2. The fourth-order valence-corrected chi connectivity index (χ4v) is 3.60. The van der Waals surface area contributed by atoms with Crippen molar-refractivity contribution in [3.8, 4) is 11.5 Å². The molecular formula is C17H22O6. The molecule has 126 valence electrons. The average molecular weight is 322 g/mol. The monoisotopic (exact) mass is 322 g/mol. The van der Waals surface area contributed by atoms with Crippen LogP contribution in [-0.2, 0) is 32.0 Å². The molecule has 1 aromatic rings. The highest BCUT2D eigenvalue weighted by Gasteiger charge is 2.55. The Balaban J connectivity index is 1.61. The summed E-state index contributed by atoms with van der Waals surface area (Å²) in [6, 6.07) is 3.98. The molecule has 0 unspecified atom stereocenters. The van der Waals surface area contributed by atoms with Gasteiger partial charge in [0.05, 0.1) is 26.9 Å². The molecule has 4 rings (SSSR count). The molecule has 0 N–H and O–H groups in total. The van der Waals surface area contributed by atoms with Gasteiger partial charge in [0.2, 0.25) is 0 Å². The van der Waals surface area contributed by atoms with Crippen LogP contribution in [0, 0.1) is 0 Å². The van der Waals surface area contributed by atoms with Crippen molar-refractivity contribution in [1.82, 2.24) is 0 Å². The third kappa shape index (κ3) is 2.50. The van der Waals surface area contributed by atoms with Gasteiger partial charge in [-0.3, -0.25) is 0 Å². The molecule has 3 aliphatic heterocycles. The number of hydrogen-bond donors (Lipinski definition) is 0. The minimum Gasteiger partial charge on any atom is -0.493 e. The normalized spacial score (nSPS) is 34.3. The SMILES string of the molecule is COc1cc2c(cc1OC)C[C@H]1O[C@@H]3OC(C)(C)O[C@@H]3[C@H]1OC2. The van der Waals surface area contributed by atoms with E-state index in [9.17, 15) is 0 Å². The molecule has 0 aromatic heterocycles. The fourth-order valence-electron chi connectivity index (χ4n) is 3.60. The highest BCUT2D eigenvalue weighted by Crippen LogP contribution is 2.42. The summed E-state index contributed by atoms with van der Waals surface area (Å²) >= 11 is 0. The van der Waals surface area contributed by atoms with Gasteiger partial charge in [-0.25, -0.2) is 0 Å². The Morgan fingerprint density at radius 2 is 1.70 bits per heavy atom. The minimum atomic E-state index is -0.630. The maximum Gasteiger partial charge on any atom is 0.190 e. The lowest BCUT2D eigenvalue weighted by Gasteiger charge is -2.24. The molecule has 2 saturated heterocycles. The van der Waals surface area contributed by atoms with Crippen LogP contribution >= 0.6 is 0 Å². The van der Waals surface area contributed by atoms with Crippen molar-refractivity contribution in [2.45, 2.75) is 57.3 Å². The van der Waals surface area contributed by atoms with Gasteiger partial charge >= 0.3 is 0 Å². The van der Waals surface area contributed by atoms with E-state index in [2.05, 4.69) is 0 Å². The summed E-state index contributed by atoms with van der Waals surface area (Å²) < 4.78 is 34.7. The van der Waals surface area contributed by atoms with E-state index in [0.29, 0.717) is 12.4 Å². The Kier molecular flexibility index (Phi) is 3.53. The Bertz CT molecular complexity index is 613. The van der Waals surface area contributed by atoms with Crippen molar-refractivity contribution in [2.24, 2.45) is 0 Å². The molecule has 0 saturated carbocycles. The van der Waals surface area contributed by atoms with Gasteiger partial charge in [0.15, 0.2) is 23.6 Å². The summed E-state index contributed by atoms with van der Waals surface area (Å²) in [5.41, 5.74) is 2.24. The molecule has 3 aliphatic rings. The highest BCUT2D eigenvalue weighted by molar-refractivity contribution is 5.48. The Labute approximate surface area is 135 Å². The van der Waals surface area contributed by atoms with Crippen LogP contribution in [0.1, 0.15) is 25.0 Å².